The molecule has 0 saturated carbocycles. The van der Waals surface area contributed by atoms with Crippen LogP contribution in [0.25, 0.3) is 0 Å². The number of anilines is 1. The molecule has 5 nitrogen and oxygen atoms in total. The minimum absolute atomic E-state index is 0.130. The summed E-state index contributed by atoms with van der Waals surface area (Å²) in [5, 5.41) is 3.06. The van der Waals surface area contributed by atoms with Crippen LogP contribution in [0.4, 0.5) is 5.69 Å². The van der Waals surface area contributed by atoms with Gasteiger partial charge in [-0.25, -0.2) is 13.1 Å². The van der Waals surface area contributed by atoms with Crippen LogP contribution < -0.4 is 10.0 Å². The second-order valence-electron chi connectivity index (χ2n) is 4.88. The Morgan fingerprint density at radius 1 is 1.13 bits per heavy atom. The number of halogens is 1. The molecule has 23 heavy (non-hydrogen) atoms. The third-order valence-electron chi connectivity index (χ3n) is 3.17. The van der Waals surface area contributed by atoms with E-state index in [2.05, 4.69) is 10.0 Å². The average molecular weight is 353 g/mol. The lowest BCUT2D eigenvalue weighted by Crippen LogP contribution is -2.32. The lowest BCUT2D eigenvalue weighted by Gasteiger charge is -2.08. The fourth-order valence-corrected chi connectivity index (χ4v) is 3.09. The summed E-state index contributed by atoms with van der Waals surface area (Å²) in [5.74, 6) is -0.471. The molecule has 0 fully saturated rings. The van der Waals surface area contributed by atoms with Gasteiger partial charge in [0.25, 0.3) is 0 Å². The zero-order valence-corrected chi connectivity index (χ0v) is 14.1. The molecule has 0 atom stereocenters. The largest absolute Gasteiger partial charge is 0.325 e. The van der Waals surface area contributed by atoms with Gasteiger partial charge in [-0.2, -0.15) is 0 Å². The molecule has 0 aliphatic heterocycles. The zero-order valence-electron chi connectivity index (χ0n) is 12.5. The van der Waals surface area contributed by atoms with Gasteiger partial charge in [0, 0.05) is 10.7 Å². The molecule has 0 saturated heterocycles. The molecule has 2 N–H and O–H groups in total. The number of nitrogens with one attached hydrogen (secondary N) is 2. The van der Waals surface area contributed by atoms with Crippen molar-refractivity contribution in [3.05, 3.63) is 59.1 Å². The van der Waals surface area contributed by atoms with Crippen molar-refractivity contribution in [1.29, 1.82) is 0 Å². The Kier molecular flexibility index (Phi) is 5.76. The van der Waals surface area contributed by atoms with Gasteiger partial charge in [0.2, 0.25) is 15.9 Å². The average Bonchev–Trinajstić information content (AvgIpc) is 2.53. The Labute approximate surface area is 140 Å². The standard InChI is InChI=1S/C16H17ClN2O3S/c1-2-12-6-8-15(9-7-12)23(21,22)18-11-16(20)19-14-5-3-4-13(17)10-14/h3-10,18H,2,11H2,1H3,(H,19,20). The number of carbonyl (C=O) groups is 1. The minimum atomic E-state index is -3.72. The number of rotatable bonds is 6. The fourth-order valence-electron chi connectivity index (χ4n) is 1.92. The Balaban J connectivity index is 1.96. The van der Waals surface area contributed by atoms with Crippen molar-refractivity contribution >= 4 is 33.2 Å². The van der Waals surface area contributed by atoms with Gasteiger partial charge in [0.1, 0.15) is 0 Å². The molecule has 0 aliphatic carbocycles. The van der Waals surface area contributed by atoms with Crippen molar-refractivity contribution in [3.8, 4) is 0 Å². The molecule has 0 bridgehead atoms. The summed E-state index contributed by atoms with van der Waals surface area (Å²) in [6, 6.07) is 13.2. The van der Waals surface area contributed by atoms with E-state index in [1.54, 1.807) is 36.4 Å². The second-order valence-corrected chi connectivity index (χ2v) is 7.08. The van der Waals surface area contributed by atoms with Gasteiger partial charge in [0.15, 0.2) is 0 Å². The Bertz CT molecular complexity index is 789. The lowest BCUT2D eigenvalue weighted by molar-refractivity contribution is -0.115. The van der Waals surface area contributed by atoms with Gasteiger partial charge >= 0.3 is 0 Å². The van der Waals surface area contributed by atoms with E-state index in [1.807, 2.05) is 6.92 Å². The molecule has 2 aromatic rings. The molecular weight excluding hydrogens is 336 g/mol. The van der Waals surface area contributed by atoms with Crippen LogP contribution in [0.15, 0.2) is 53.4 Å². The normalized spacial score (nSPS) is 11.2. The number of carbonyl (C=O) groups excluding carboxylic acids is 1. The highest BCUT2D eigenvalue weighted by atomic mass is 35.5. The summed E-state index contributed by atoms with van der Waals surface area (Å²) in [6.07, 6.45) is 0.829. The van der Waals surface area contributed by atoms with E-state index in [0.29, 0.717) is 10.7 Å². The molecule has 2 rings (SSSR count). The first-order valence-corrected chi connectivity index (χ1v) is 8.91. The lowest BCUT2D eigenvalue weighted by atomic mass is 10.2. The Morgan fingerprint density at radius 3 is 2.43 bits per heavy atom. The molecule has 0 aromatic heterocycles. The number of aryl methyl sites for hydroxylation is 1. The minimum Gasteiger partial charge on any atom is -0.325 e. The first kappa shape index (κ1) is 17.5. The zero-order chi connectivity index (χ0) is 16.9. The predicted molar refractivity (Wildman–Crippen MR) is 91.1 cm³/mol. The fraction of sp³-hybridized carbons (Fsp3) is 0.188. The second kappa shape index (κ2) is 7.59. The van der Waals surface area contributed by atoms with Crippen LogP contribution >= 0.6 is 11.6 Å². The van der Waals surface area contributed by atoms with Crippen molar-refractivity contribution in [1.82, 2.24) is 4.72 Å². The molecule has 0 heterocycles. The Morgan fingerprint density at radius 2 is 1.83 bits per heavy atom. The van der Waals surface area contributed by atoms with E-state index >= 15 is 0 Å². The first-order valence-electron chi connectivity index (χ1n) is 7.05. The van der Waals surface area contributed by atoms with Crippen LogP contribution in [-0.4, -0.2) is 20.9 Å². The number of hydrogen-bond donors (Lipinski definition) is 2. The monoisotopic (exact) mass is 352 g/mol. The van der Waals surface area contributed by atoms with Crippen molar-refractivity contribution in [2.75, 3.05) is 11.9 Å². The molecule has 0 unspecified atom stereocenters. The van der Waals surface area contributed by atoms with Crippen LogP contribution in [0.1, 0.15) is 12.5 Å². The highest BCUT2D eigenvalue weighted by Gasteiger charge is 2.15. The summed E-state index contributed by atoms with van der Waals surface area (Å²) >= 11 is 5.82. The highest BCUT2D eigenvalue weighted by molar-refractivity contribution is 7.89. The maximum atomic E-state index is 12.1. The Hall–Kier alpha value is -1.89. The predicted octanol–water partition coefficient (Wildman–Crippen LogP) is 2.82. The molecule has 0 aliphatic rings. The van der Waals surface area contributed by atoms with E-state index < -0.39 is 15.9 Å². The van der Waals surface area contributed by atoms with Gasteiger partial charge in [-0.3, -0.25) is 4.79 Å². The van der Waals surface area contributed by atoms with E-state index in [9.17, 15) is 13.2 Å². The van der Waals surface area contributed by atoms with E-state index in [4.69, 9.17) is 11.6 Å². The van der Waals surface area contributed by atoms with Crippen molar-refractivity contribution in [3.63, 3.8) is 0 Å². The van der Waals surface area contributed by atoms with E-state index in [-0.39, 0.29) is 11.4 Å². The molecule has 2 aromatic carbocycles. The van der Waals surface area contributed by atoms with Crippen LogP contribution in [-0.2, 0) is 21.2 Å². The van der Waals surface area contributed by atoms with E-state index in [0.717, 1.165) is 12.0 Å². The van der Waals surface area contributed by atoms with Crippen LogP contribution in [0, 0.1) is 0 Å². The molecular formula is C16H17ClN2O3S. The first-order chi connectivity index (χ1) is 10.9. The van der Waals surface area contributed by atoms with Crippen molar-refractivity contribution < 1.29 is 13.2 Å². The summed E-state index contributed by atoms with van der Waals surface area (Å²) in [4.78, 5) is 12.0. The topological polar surface area (TPSA) is 75.3 Å². The summed E-state index contributed by atoms with van der Waals surface area (Å²) < 4.78 is 26.5. The molecule has 0 radical (unpaired) electrons. The van der Waals surface area contributed by atoms with Crippen LogP contribution in [0.3, 0.4) is 0 Å². The number of sulfonamides is 1. The third kappa shape index (κ3) is 5.06. The molecule has 0 spiro atoms. The maximum absolute atomic E-state index is 12.1. The van der Waals surface area contributed by atoms with Gasteiger partial charge in [-0.05, 0) is 42.3 Å². The van der Waals surface area contributed by atoms with Gasteiger partial charge in [-0.1, -0.05) is 36.7 Å². The van der Waals surface area contributed by atoms with Crippen molar-refractivity contribution in [2.45, 2.75) is 18.2 Å². The number of hydrogen-bond acceptors (Lipinski definition) is 3. The van der Waals surface area contributed by atoms with Gasteiger partial charge < -0.3 is 5.32 Å². The van der Waals surface area contributed by atoms with Crippen LogP contribution in [0.2, 0.25) is 5.02 Å². The van der Waals surface area contributed by atoms with Crippen LogP contribution in [0.5, 0.6) is 0 Å². The summed E-state index contributed by atoms with van der Waals surface area (Å²) in [5.41, 5.74) is 1.55. The number of amides is 1. The molecule has 7 heteroatoms. The van der Waals surface area contributed by atoms with Gasteiger partial charge in [-0.15, -0.1) is 0 Å². The van der Waals surface area contributed by atoms with Crippen molar-refractivity contribution in [2.24, 2.45) is 0 Å². The summed E-state index contributed by atoms with van der Waals surface area (Å²) in [6.45, 7) is 1.63. The molecule has 1 amide bonds. The smallest absolute Gasteiger partial charge is 0.241 e. The summed E-state index contributed by atoms with van der Waals surface area (Å²) in [7, 11) is -3.72. The van der Waals surface area contributed by atoms with E-state index in [1.165, 1.54) is 12.1 Å². The quantitative estimate of drug-likeness (QED) is 0.839. The maximum Gasteiger partial charge on any atom is 0.241 e. The SMILES string of the molecule is CCc1ccc(S(=O)(=O)NCC(=O)Nc2cccc(Cl)c2)cc1. The third-order valence-corrected chi connectivity index (χ3v) is 4.83. The van der Waals surface area contributed by atoms with Gasteiger partial charge in [0.05, 0.1) is 11.4 Å². The molecule has 122 valence electrons. The number of benzene rings is 2. The highest BCUT2D eigenvalue weighted by Crippen LogP contribution is 2.15.